The number of rotatable bonds is 0. The highest BCUT2D eigenvalue weighted by Gasteiger charge is 1.64. The average Bonchev–Trinajstić information content (AvgIpc) is 1.65. The number of nitrogens with two attached hydrogens (primary N) is 4. The van der Waals surface area contributed by atoms with Gasteiger partial charge in [0.25, 0.3) is 0 Å². The number of amides is 2. The van der Waals surface area contributed by atoms with Crippen molar-refractivity contribution >= 4 is 23.8 Å². The Morgan fingerprint density at radius 3 is 1.33 bits per heavy atom. The molecule has 0 radical (unpaired) electrons. The molecule has 0 atom stereocenters. The lowest BCUT2D eigenvalue weighted by Gasteiger charge is -1.74. The number of urea groups is 1. The maximum Gasteiger partial charge on any atom is 0.309 e. The van der Waals surface area contributed by atoms with Crippen LogP contribution in [0, 0.1) is 0 Å². The van der Waals surface area contributed by atoms with Gasteiger partial charge in [0, 0.05) is 11.8 Å². The maximum absolute atomic E-state index is 9.00. The Balaban J connectivity index is 0. The number of guanidine groups is 1. The van der Waals surface area contributed by atoms with E-state index in [0.29, 0.717) is 0 Å². The lowest BCUT2D eigenvalue weighted by Crippen LogP contribution is -2.21. The second-order valence-corrected chi connectivity index (χ2v) is 1.08. The number of primary amides is 2. The molecule has 0 heterocycles. The van der Waals surface area contributed by atoms with Gasteiger partial charge >= 0.3 is 6.03 Å². The molecule has 0 aromatic carbocycles. The fourth-order valence-corrected chi connectivity index (χ4v) is 0. The van der Waals surface area contributed by atoms with Gasteiger partial charge in [0.2, 0.25) is 5.96 Å². The standard InChI is InChI=1S/CH4ClN3.CH4N2O/c2-5-1(3)4;2-1(3)4/h(H4,3,4,5);(H4,2,3,4). The first-order valence-corrected chi connectivity index (χ1v) is 2.09. The normalized spacial score (nSPS) is 6.33. The summed E-state index contributed by atoms with van der Waals surface area (Å²) in [6.45, 7) is 0. The monoisotopic (exact) mass is 153 g/mol. The molecule has 0 aliphatic heterocycles. The first kappa shape index (κ1) is 10.7. The van der Waals surface area contributed by atoms with Crippen LogP contribution in [-0.4, -0.2) is 12.0 Å². The van der Waals surface area contributed by atoms with Crippen LogP contribution in [0.3, 0.4) is 0 Å². The van der Waals surface area contributed by atoms with Crippen LogP contribution in [0.5, 0.6) is 0 Å². The van der Waals surface area contributed by atoms with Gasteiger partial charge in [-0.3, -0.25) is 0 Å². The second kappa shape index (κ2) is 6.83. The van der Waals surface area contributed by atoms with Crippen molar-refractivity contribution in [1.82, 2.24) is 0 Å². The lowest BCUT2D eigenvalue weighted by molar-refractivity contribution is 0.256. The highest BCUT2D eigenvalue weighted by Crippen LogP contribution is 1.65. The third-order valence-electron chi connectivity index (χ3n) is 0.0976. The van der Waals surface area contributed by atoms with Crippen LogP contribution in [0.4, 0.5) is 4.79 Å². The summed E-state index contributed by atoms with van der Waals surface area (Å²) in [6, 6.07) is -0.833. The topological polar surface area (TPSA) is 134 Å². The first-order valence-electron chi connectivity index (χ1n) is 1.75. The van der Waals surface area contributed by atoms with Gasteiger partial charge < -0.3 is 22.9 Å². The number of hydrogen-bond acceptors (Lipinski definition) is 2. The molecule has 2 amide bonds. The molecule has 0 bridgehead atoms. The molecule has 0 saturated carbocycles. The van der Waals surface area contributed by atoms with Crippen molar-refractivity contribution in [2.75, 3.05) is 0 Å². The minimum absolute atomic E-state index is 0.105. The number of carbonyl (C=O) groups is 1. The van der Waals surface area contributed by atoms with Crippen molar-refractivity contribution in [3.63, 3.8) is 0 Å². The van der Waals surface area contributed by atoms with Crippen molar-refractivity contribution in [3.8, 4) is 0 Å². The molecule has 9 heavy (non-hydrogen) atoms. The van der Waals surface area contributed by atoms with Gasteiger partial charge in [0.15, 0.2) is 0 Å². The van der Waals surface area contributed by atoms with E-state index in [1.165, 1.54) is 0 Å². The van der Waals surface area contributed by atoms with E-state index >= 15 is 0 Å². The molecule has 0 spiro atoms. The summed E-state index contributed by atoms with van der Waals surface area (Å²) >= 11 is 4.67. The van der Waals surface area contributed by atoms with Crippen molar-refractivity contribution in [1.29, 1.82) is 0 Å². The number of halogens is 1. The molecule has 7 heteroatoms. The van der Waals surface area contributed by atoms with Gasteiger partial charge in [-0.15, -0.1) is 4.51 Å². The highest BCUT2D eigenvalue weighted by atomic mass is 35.5. The molecule has 8 N–H and O–H groups in total. The smallest absolute Gasteiger partial charge is 0.309 e. The molecule has 0 unspecified atom stereocenters. The molecule has 6 nitrogen and oxygen atoms in total. The van der Waals surface area contributed by atoms with Crippen LogP contribution in [0.25, 0.3) is 0 Å². The highest BCUT2D eigenvalue weighted by molar-refractivity contribution is 6.19. The molecular formula is C2H8ClN5O. The number of nitrogens with zero attached hydrogens (tertiary/aromatic N) is 1. The van der Waals surface area contributed by atoms with Gasteiger partial charge in [0.05, 0.1) is 0 Å². The molecular weight excluding hydrogens is 146 g/mol. The zero-order chi connectivity index (χ0) is 7.86. The van der Waals surface area contributed by atoms with Gasteiger partial charge in [-0.25, -0.2) is 4.79 Å². The van der Waals surface area contributed by atoms with Gasteiger partial charge in [0.1, 0.15) is 0 Å². The Morgan fingerprint density at radius 2 is 1.33 bits per heavy atom. The van der Waals surface area contributed by atoms with Crippen LogP contribution >= 0.6 is 11.8 Å². The van der Waals surface area contributed by atoms with Gasteiger partial charge in [-0.2, -0.15) is 0 Å². The van der Waals surface area contributed by atoms with Crippen LogP contribution in [0.15, 0.2) is 4.51 Å². The Kier molecular flexibility index (Phi) is 8.16. The fraction of sp³-hybridized carbons (Fsp3) is 0. The Hall–Kier alpha value is -1.17. The van der Waals surface area contributed by atoms with E-state index in [1.807, 2.05) is 0 Å². The van der Waals surface area contributed by atoms with Crippen LogP contribution < -0.4 is 22.9 Å². The third kappa shape index (κ3) is 231. The number of carbonyl (C=O) groups excluding carboxylic acids is 1. The zero-order valence-corrected chi connectivity index (χ0v) is 5.30. The molecule has 0 aromatic rings. The van der Waals surface area contributed by atoms with E-state index in [0.717, 1.165) is 0 Å². The zero-order valence-electron chi connectivity index (χ0n) is 4.54. The molecule has 0 aliphatic rings. The van der Waals surface area contributed by atoms with E-state index in [4.69, 9.17) is 4.79 Å². The average molecular weight is 154 g/mol. The first-order chi connectivity index (χ1) is 4.00. The molecule has 54 valence electrons. The summed E-state index contributed by atoms with van der Waals surface area (Å²) in [6.07, 6.45) is 0. The second-order valence-electron chi connectivity index (χ2n) is 0.912. The van der Waals surface area contributed by atoms with Crippen molar-refractivity contribution in [3.05, 3.63) is 0 Å². The summed E-state index contributed by atoms with van der Waals surface area (Å²) in [5.41, 5.74) is 17.9. The van der Waals surface area contributed by atoms with E-state index in [9.17, 15) is 0 Å². The largest absolute Gasteiger partial charge is 0.369 e. The summed E-state index contributed by atoms with van der Waals surface area (Å²) in [4.78, 5) is 9.00. The van der Waals surface area contributed by atoms with E-state index in [-0.39, 0.29) is 5.96 Å². The summed E-state index contributed by atoms with van der Waals surface area (Å²) in [5.74, 6) is -0.105. The van der Waals surface area contributed by atoms with E-state index < -0.39 is 6.03 Å². The van der Waals surface area contributed by atoms with E-state index in [1.54, 1.807) is 0 Å². The molecule has 0 saturated heterocycles. The maximum atomic E-state index is 9.00. The Bertz CT molecular complexity index is 104. The predicted octanol–water partition coefficient (Wildman–Crippen LogP) is -1.56. The molecule has 0 aromatic heterocycles. The number of hydrogen-bond donors (Lipinski definition) is 4. The van der Waals surface area contributed by atoms with Crippen LogP contribution in [0.1, 0.15) is 0 Å². The van der Waals surface area contributed by atoms with Crippen molar-refractivity contribution in [2.24, 2.45) is 27.4 Å². The molecule has 0 aliphatic carbocycles. The quantitative estimate of drug-likeness (QED) is 0.248. The van der Waals surface area contributed by atoms with E-state index in [2.05, 4.69) is 39.2 Å². The van der Waals surface area contributed by atoms with Gasteiger partial charge in [-0.1, -0.05) is 0 Å². The summed E-state index contributed by atoms with van der Waals surface area (Å²) in [7, 11) is 0. The SMILES string of the molecule is NC(N)=NCl.NC(N)=O. The minimum atomic E-state index is -0.833. The van der Waals surface area contributed by atoms with Crippen molar-refractivity contribution in [2.45, 2.75) is 0 Å². The fourth-order valence-electron chi connectivity index (χ4n) is 0. The molecule has 0 fully saturated rings. The van der Waals surface area contributed by atoms with Crippen LogP contribution in [0.2, 0.25) is 0 Å². The predicted molar refractivity (Wildman–Crippen MR) is 35.4 cm³/mol. The van der Waals surface area contributed by atoms with Crippen molar-refractivity contribution < 1.29 is 4.79 Å². The minimum Gasteiger partial charge on any atom is -0.369 e. The summed E-state index contributed by atoms with van der Waals surface area (Å²) in [5, 5.41) is 0. The van der Waals surface area contributed by atoms with Crippen LogP contribution in [-0.2, 0) is 0 Å². The Morgan fingerprint density at radius 1 is 1.22 bits per heavy atom. The molecule has 0 rings (SSSR count). The third-order valence-corrected chi connectivity index (χ3v) is 0.293. The summed E-state index contributed by atoms with van der Waals surface area (Å²) < 4.78 is 2.83. The Labute approximate surface area is 56.9 Å². The lowest BCUT2D eigenvalue weighted by atomic mass is 11.1. The van der Waals surface area contributed by atoms with Gasteiger partial charge in [-0.05, 0) is 0 Å².